The van der Waals surface area contributed by atoms with Crippen molar-refractivity contribution in [2.45, 2.75) is 44.9 Å². The van der Waals surface area contributed by atoms with E-state index in [0.717, 1.165) is 5.56 Å². The fourth-order valence-electron chi connectivity index (χ4n) is 3.98. The summed E-state index contributed by atoms with van der Waals surface area (Å²) in [5.74, 6) is -0.522. The van der Waals surface area contributed by atoms with E-state index in [9.17, 15) is 24.6 Å². The predicted octanol–water partition coefficient (Wildman–Crippen LogP) is 4.61. The molecule has 0 saturated carbocycles. The van der Waals surface area contributed by atoms with Crippen LogP contribution in [0.3, 0.4) is 0 Å². The van der Waals surface area contributed by atoms with Crippen molar-refractivity contribution < 1.29 is 39.2 Å². The molecule has 0 aromatic heterocycles. The zero-order valence-electron chi connectivity index (χ0n) is 23.8. The van der Waals surface area contributed by atoms with Gasteiger partial charge in [0.1, 0.15) is 24.1 Å². The first kappa shape index (κ1) is 31.9. The maximum Gasteiger partial charge on any atom is 0.410 e. The number of benzene rings is 3. The van der Waals surface area contributed by atoms with Crippen molar-refractivity contribution in [1.82, 2.24) is 4.90 Å². The summed E-state index contributed by atoms with van der Waals surface area (Å²) in [5.41, 5.74) is 0.825. The van der Waals surface area contributed by atoms with Crippen LogP contribution in [0.2, 0.25) is 0 Å². The third-order valence-electron chi connectivity index (χ3n) is 5.92. The topological polar surface area (TPSA) is 158 Å². The van der Waals surface area contributed by atoms with Crippen molar-refractivity contribution in [2.75, 3.05) is 30.4 Å². The third-order valence-corrected chi connectivity index (χ3v) is 5.92. The highest BCUT2D eigenvalue weighted by Crippen LogP contribution is 2.19. The van der Waals surface area contributed by atoms with Crippen LogP contribution in [0.25, 0.3) is 0 Å². The second kappa shape index (κ2) is 14.9. The number of aromatic carboxylic acids is 1. The number of anilines is 2. The molecule has 0 aliphatic rings. The Morgan fingerprint density at radius 1 is 0.905 bits per heavy atom. The first-order chi connectivity index (χ1) is 19.9. The number of carbonyl (C=O) groups is 3. The molecule has 42 heavy (non-hydrogen) atoms. The molecule has 0 saturated heterocycles. The number of rotatable bonds is 12. The molecule has 0 heterocycles. The summed E-state index contributed by atoms with van der Waals surface area (Å²) in [7, 11) is 0. The molecule has 3 rings (SSSR count). The van der Waals surface area contributed by atoms with Crippen LogP contribution in [-0.2, 0) is 11.2 Å². The molecular formula is C31H37N3O8. The highest BCUT2D eigenvalue weighted by molar-refractivity contribution is 6.00. The van der Waals surface area contributed by atoms with Crippen LogP contribution in [0, 0.1) is 0 Å². The summed E-state index contributed by atoms with van der Waals surface area (Å²) in [6.07, 6.45) is -1.48. The molecule has 0 bridgehead atoms. The molecule has 3 aromatic rings. The second-order valence-corrected chi connectivity index (χ2v) is 10.6. The van der Waals surface area contributed by atoms with E-state index in [-0.39, 0.29) is 31.7 Å². The van der Waals surface area contributed by atoms with Crippen LogP contribution in [0.15, 0.2) is 78.9 Å². The van der Waals surface area contributed by atoms with Gasteiger partial charge in [0.15, 0.2) is 0 Å². The van der Waals surface area contributed by atoms with E-state index in [1.807, 2.05) is 18.2 Å². The molecular weight excluding hydrogens is 542 g/mol. The van der Waals surface area contributed by atoms with Gasteiger partial charge in [0.25, 0.3) is 0 Å². The molecule has 11 nitrogen and oxygen atoms in total. The first-order valence-corrected chi connectivity index (χ1v) is 13.4. The summed E-state index contributed by atoms with van der Waals surface area (Å²) in [5, 5.41) is 35.3. The highest BCUT2D eigenvalue weighted by atomic mass is 16.6. The number of carbonyl (C=O) groups excluding carboxylic acids is 2. The van der Waals surface area contributed by atoms with Crippen molar-refractivity contribution in [3.8, 4) is 5.75 Å². The minimum absolute atomic E-state index is 0.0484. The van der Waals surface area contributed by atoms with Crippen LogP contribution in [0.1, 0.15) is 36.7 Å². The number of nitrogens with one attached hydrogen (secondary N) is 2. The summed E-state index contributed by atoms with van der Waals surface area (Å²) in [4.78, 5) is 37.9. The van der Waals surface area contributed by atoms with Gasteiger partial charge in [-0.1, -0.05) is 36.4 Å². The zero-order chi connectivity index (χ0) is 30.7. The molecule has 0 spiro atoms. The number of aliphatic hydroxyl groups excluding tert-OH is 2. The Hall–Kier alpha value is -4.61. The van der Waals surface area contributed by atoms with Crippen LogP contribution >= 0.6 is 0 Å². The van der Waals surface area contributed by atoms with Gasteiger partial charge >= 0.3 is 18.1 Å². The Morgan fingerprint density at radius 2 is 1.57 bits per heavy atom. The standard InChI is InChI=1S/C31H37N3O8/c1-31(2,3)42-30(40)34(18-26(36)20-41-27-10-5-4-6-11-27)25(19-35)16-21-12-14-23(15-13-21)32-29(39)33-24-9-7-8-22(17-24)28(37)38/h4-15,17,25-26,35-36H,16,18-20H2,1-3H3,(H,37,38)(H2,32,33,39). The number of hydrogen-bond donors (Lipinski definition) is 5. The number of para-hydroxylation sites is 1. The SMILES string of the molecule is CC(C)(C)OC(=O)N(CC(O)COc1ccccc1)C(CO)Cc1ccc(NC(=O)Nc2cccc(C(=O)O)c2)cc1. The zero-order valence-corrected chi connectivity index (χ0v) is 23.8. The smallest absolute Gasteiger partial charge is 0.410 e. The second-order valence-electron chi connectivity index (χ2n) is 10.6. The summed E-state index contributed by atoms with van der Waals surface area (Å²) in [6.45, 7) is 4.62. The number of aliphatic hydroxyl groups is 2. The van der Waals surface area contributed by atoms with Crippen molar-refractivity contribution >= 4 is 29.5 Å². The van der Waals surface area contributed by atoms with Gasteiger partial charge in [-0.25, -0.2) is 14.4 Å². The average Bonchev–Trinajstić information content (AvgIpc) is 2.94. The average molecular weight is 580 g/mol. The lowest BCUT2D eigenvalue weighted by molar-refractivity contribution is -0.00892. The van der Waals surface area contributed by atoms with E-state index >= 15 is 0 Å². The Bertz CT molecular complexity index is 1330. The maximum atomic E-state index is 13.1. The Labute approximate surface area is 244 Å². The lowest BCUT2D eigenvalue weighted by Gasteiger charge is -2.34. The van der Waals surface area contributed by atoms with E-state index in [2.05, 4.69) is 10.6 Å². The van der Waals surface area contributed by atoms with Gasteiger partial charge in [-0.2, -0.15) is 0 Å². The largest absolute Gasteiger partial charge is 0.491 e. The van der Waals surface area contributed by atoms with Gasteiger partial charge in [-0.15, -0.1) is 0 Å². The van der Waals surface area contributed by atoms with E-state index in [0.29, 0.717) is 17.1 Å². The number of amides is 3. The molecule has 224 valence electrons. The molecule has 0 aliphatic carbocycles. The van der Waals surface area contributed by atoms with Gasteiger partial charge in [-0.3, -0.25) is 4.90 Å². The normalized spacial score (nSPS) is 12.5. The van der Waals surface area contributed by atoms with Crippen molar-refractivity contribution in [1.29, 1.82) is 0 Å². The van der Waals surface area contributed by atoms with E-state index in [4.69, 9.17) is 14.6 Å². The molecule has 3 aromatic carbocycles. The monoisotopic (exact) mass is 579 g/mol. The number of urea groups is 1. The summed E-state index contributed by atoms with van der Waals surface area (Å²) >= 11 is 0. The Morgan fingerprint density at radius 3 is 2.19 bits per heavy atom. The lowest BCUT2D eigenvalue weighted by Crippen LogP contribution is -2.50. The van der Waals surface area contributed by atoms with Crippen molar-refractivity contribution in [2.24, 2.45) is 0 Å². The van der Waals surface area contributed by atoms with Crippen molar-refractivity contribution in [3.63, 3.8) is 0 Å². The molecule has 2 atom stereocenters. The Balaban J connectivity index is 1.64. The van der Waals surface area contributed by atoms with Gasteiger partial charge in [0.2, 0.25) is 0 Å². The van der Waals surface area contributed by atoms with E-state index < -0.39 is 35.8 Å². The van der Waals surface area contributed by atoms with E-state index in [1.165, 1.54) is 23.1 Å². The summed E-state index contributed by atoms with van der Waals surface area (Å²) in [6, 6.07) is 20.4. The molecule has 0 aliphatic heterocycles. The number of hydrogen-bond acceptors (Lipinski definition) is 7. The lowest BCUT2D eigenvalue weighted by atomic mass is 10.0. The third kappa shape index (κ3) is 10.4. The summed E-state index contributed by atoms with van der Waals surface area (Å²) < 4.78 is 11.2. The van der Waals surface area contributed by atoms with Crippen LogP contribution < -0.4 is 15.4 Å². The minimum atomic E-state index is -1.10. The number of nitrogens with zero attached hydrogens (tertiary/aromatic N) is 1. The maximum absolute atomic E-state index is 13.1. The molecule has 2 unspecified atom stereocenters. The van der Waals surface area contributed by atoms with Crippen LogP contribution in [-0.4, -0.2) is 75.8 Å². The quantitative estimate of drug-likeness (QED) is 0.208. The van der Waals surface area contributed by atoms with Gasteiger partial charge in [0.05, 0.1) is 24.8 Å². The first-order valence-electron chi connectivity index (χ1n) is 13.4. The molecule has 0 radical (unpaired) electrons. The highest BCUT2D eigenvalue weighted by Gasteiger charge is 2.30. The fourth-order valence-corrected chi connectivity index (χ4v) is 3.98. The Kier molecular flexibility index (Phi) is 11.3. The fraction of sp³-hybridized carbons (Fsp3) is 0.323. The van der Waals surface area contributed by atoms with Crippen LogP contribution in [0.5, 0.6) is 5.75 Å². The molecule has 3 amide bonds. The minimum Gasteiger partial charge on any atom is -0.491 e. The van der Waals surface area contributed by atoms with Gasteiger partial charge < -0.3 is 35.4 Å². The molecule has 5 N–H and O–H groups in total. The van der Waals surface area contributed by atoms with Gasteiger partial charge in [0, 0.05) is 11.4 Å². The number of ether oxygens (including phenoxy) is 2. The van der Waals surface area contributed by atoms with Crippen LogP contribution in [0.4, 0.5) is 21.0 Å². The molecule has 0 fully saturated rings. The molecule has 11 heteroatoms. The van der Waals surface area contributed by atoms with Crippen molar-refractivity contribution in [3.05, 3.63) is 90.0 Å². The number of carboxylic acid groups (broad SMARTS) is 1. The predicted molar refractivity (Wildman–Crippen MR) is 158 cm³/mol. The number of carboxylic acids is 1. The van der Waals surface area contributed by atoms with E-state index in [1.54, 1.807) is 63.2 Å². The van der Waals surface area contributed by atoms with Gasteiger partial charge in [-0.05, 0) is 75.2 Å².